The van der Waals surface area contributed by atoms with Gasteiger partial charge in [0.15, 0.2) is 0 Å². The first-order valence-corrected chi connectivity index (χ1v) is 13.2. The molecule has 0 aromatic heterocycles. The summed E-state index contributed by atoms with van der Waals surface area (Å²) in [6.45, 7) is 14.7. The van der Waals surface area contributed by atoms with Crippen LogP contribution in [0.4, 0.5) is 0 Å². The average Bonchev–Trinajstić information content (AvgIpc) is 3.06. The molecule has 7 unspecified atom stereocenters. The van der Waals surface area contributed by atoms with E-state index >= 15 is 0 Å². The highest BCUT2D eigenvalue weighted by atomic mass is 16.3. The Bertz CT molecular complexity index is 686. The molecule has 0 saturated heterocycles. The molecule has 4 aliphatic rings. The molecule has 0 heterocycles. The first-order chi connectivity index (χ1) is 14.2. The summed E-state index contributed by atoms with van der Waals surface area (Å²) in [5.74, 6) is 5.15. The Morgan fingerprint density at radius 2 is 1.87 bits per heavy atom. The van der Waals surface area contributed by atoms with Crippen LogP contribution in [0.3, 0.4) is 0 Å². The number of allylic oxidation sites excluding steroid dienone is 3. The molecule has 170 valence electrons. The predicted octanol–water partition coefficient (Wildman–Crippen LogP) is 7.94. The van der Waals surface area contributed by atoms with Crippen LogP contribution in [-0.2, 0) is 0 Å². The van der Waals surface area contributed by atoms with Crippen molar-refractivity contribution in [2.24, 2.45) is 46.3 Å². The van der Waals surface area contributed by atoms with Gasteiger partial charge >= 0.3 is 0 Å². The van der Waals surface area contributed by atoms with E-state index in [0.717, 1.165) is 42.4 Å². The maximum absolute atomic E-state index is 10.2. The van der Waals surface area contributed by atoms with Crippen LogP contribution in [0.25, 0.3) is 0 Å². The summed E-state index contributed by atoms with van der Waals surface area (Å²) in [6, 6.07) is 0. The number of rotatable bonds is 5. The van der Waals surface area contributed by atoms with Gasteiger partial charge in [0.2, 0.25) is 0 Å². The molecule has 1 nitrogen and oxygen atoms in total. The van der Waals surface area contributed by atoms with Crippen LogP contribution in [0.5, 0.6) is 0 Å². The SMILES string of the molecule is C/C=C(\CCC(C)C1CCC2C3CC=C4CC(O)CCC4(C)[C@H]3CCC12C)C(C)C. The molecule has 4 rings (SSSR count). The third-order valence-electron chi connectivity index (χ3n) is 10.8. The minimum absolute atomic E-state index is 0.0839. The smallest absolute Gasteiger partial charge is 0.0577 e. The molecule has 4 aliphatic carbocycles. The van der Waals surface area contributed by atoms with Crippen molar-refractivity contribution < 1.29 is 5.11 Å². The number of aliphatic hydroxyl groups is 1. The van der Waals surface area contributed by atoms with E-state index in [1.54, 1.807) is 11.1 Å². The van der Waals surface area contributed by atoms with Crippen LogP contribution in [0.1, 0.15) is 106 Å². The summed E-state index contributed by atoms with van der Waals surface area (Å²) in [6.07, 6.45) is 17.8. The van der Waals surface area contributed by atoms with Gasteiger partial charge in [0.25, 0.3) is 0 Å². The summed E-state index contributed by atoms with van der Waals surface area (Å²) < 4.78 is 0. The van der Waals surface area contributed by atoms with Gasteiger partial charge in [0.05, 0.1) is 6.10 Å². The van der Waals surface area contributed by atoms with Gasteiger partial charge in [-0.2, -0.15) is 0 Å². The predicted molar refractivity (Wildman–Crippen MR) is 128 cm³/mol. The van der Waals surface area contributed by atoms with Gasteiger partial charge in [-0.3, -0.25) is 0 Å². The minimum Gasteiger partial charge on any atom is -0.393 e. The average molecular weight is 413 g/mol. The van der Waals surface area contributed by atoms with Crippen LogP contribution < -0.4 is 0 Å². The highest BCUT2D eigenvalue weighted by Gasteiger charge is 2.59. The fraction of sp³-hybridized carbons (Fsp3) is 0.862. The molecule has 0 radical (unpaired) electrons. The number of aliphatic hydroxyl groups excluding tert-OH is 1. The normalized spacial score (nSPS) is 44.9. The molecule has 0 spiro atoms. The maximum atomic E-state index is 10.2. The van der Waals surface area contributed by atoms with Gasteiger partial charge in [-0.1, -0.05) is 57.9 Å². The Morgan fingerprint density at radius 3 is 2.57 bits per heavy atom. The number of hydrogen-bond acceptors (Lipinski definition) is 1. The third kappa shape index (κ3) is 3.66. The lowest BCUT2D eigenvalue weighted by Crippen LogP contribution is -2.50. The van der Waals surface area contributed by atoms with Crippen molar-refractivity contribution in [3.05, 3.63) is 23.3 Å². The molecule has 30 heavy (non-hydrogen) atoms. The van der Waals surface area contributed by atoms with E-state index in [-0.39, 0.29) is 6.10 Å². The van der Waals surface area contributed by atoms with Gasteiger partial charge in [-0.25, -0.2) is 0 Å². The molecule has 3 saturated carbocycles. The van der Waals surface area contributed by atoms with E-state index in [0.29, 0.717) is 16.7 Å². The van der Waals surface area contributed by atoms with Crippen LogP contribution >= 0.6 is 0 Å². The Morgan fingerprint density at radius 1 is 1.10 bits per heavy atom. The quantitative estimate of drug-likeness (QED) is 0.454. The van der Waals surface area contributed by atoms with Crippen molar-refractivity contribution in [3.8, 4) is 0 Å². The van der Waals surface area contributed by atoms with Crippen molar-refractivity contribution in [2.45, 2.75) is 112 Å². The van der Waals surface area contributed by atoms with E-state index in [1.165, 1.54) is 51.4 Å². The molecule has 0 bridgehead atoms. The molecule has 0 amide bonds. The number of fused-ring (bicyclic) bond motifs is 5. The van der Waals surface area contributed by atoms with E-state index in [4.69, 9.17) is 0 Å². The minimum atomic E-state index is -0.0839. The fourth-order valence-corrected chi connectivity index (χ4v) is 8.98. The van der Waals surface area contributed by atoms with Crippen molar-refractivity contribution in [3.63, 3.8) is 0 Å². The van der Waals surface area contributed by atoms with Gasteiger partial charge in [-0.15, -0.1) is 0 Å². The first-order valence-electron chi connectivity index (χ1n) is 13.2. The molecule has 0 aromatic rings. The topological polar surface area (TPSA) is 20.2 Å². The van der Waals surface area contributed by atoms with E-state index in [2.05, 4.69) is 53.7 Å². The van der Waals surface area contributed by atoms with Crippen LogP contribution in [0.15, 0.2) is 23.3 Å². The van der Waals surface area contributed by atoms with Crippen LogP contribution in [0.2, 0.25) is 0 Å². The second-order valence-electron chi connectivity index (χ2n) is 12.4. The van der Waals surface area contributed by atoms with Gasteiger partial charge in [0, 0.05) is 0 Å². The van der Waals surface area contributed by atoms with Gasteiger partial charge in [-0.05, 0) is 117 Å². The largest absolute Gasteiger partial charge is 0.393 e. The van der Waals surface area contributed by atoms with E-state index in [9.17, 15) is 5.11 Å². The highest BCUT2D eigenvalue weighted by molar-refractivity contribution is 5.25. The lowest BCUT2D eigenvalue weighted by atomic mass is 9.47. The molecule has 3 fully saturated rings. The Kier molecular flexibility index (Phi) is 6.35. The molecule has 0 aliphatic heterocycles. The van der Waals surface area contributed by atoms with Gasteiger partial charge < -0.3 is 5.11 Å². The Balaban J connectivity index is 1.49. The molecule has 0 aromatic carbocycles. The second kappa shape index (κ2) is 8.42. The zero-order chi connectivity index (χ0) is 21.7. The standard InChI is InChI=1S/C29H48O/c1-7-21(19(2)3)9-8-20(4)25-12-13-26-24-11-10-22-18-23(30)14-16-28(22,5)27(24)15-17-29(25,26)6/h7,10,19-20,23-27,30H,8-9,11-18H2,1-6H3/b21-7+/t20?,23?,24?,25?,26?,27-,28?,29?/m0/s1. The lowest BCUT2D eigenvalue weighted by molar-refractivity contribution is -0.0571. The van der Waals surface area contributed by atoms with Crippen LogP contribution in [0, 0.1) is 46.3 Å². The Hall–Kier alpha value is -0.560. The highest BCUT2D eigenvalue weighted by Crippen LogP contribution is 2.67. The number of hydrogen-bond donors (Lipinski definition) is 1. The van der Waals surface area contributed by atoms with Crippen molar-refractivity contribution in [1.29, 1.82) is 0 Å². The maximum Gasteiger partial charge on any atom is 0.0577 e. The zero-order valence-corrected chi connectivity index (χ0v) is 20.7. The molecule has 1 heteroatoms. The summed E-state index contributed by atoms with van der Waals surface area (Å²) in [5, 5.41) is 10.2. The summed E-state index contributed by atoms with van der Waals surface area (Å²) in [4.78, 5) is 0. The van der Waals surface area contributed by atoms with E-state index < -0.39 is 0 Å². The zero-order valence-electron chi connectivity index (χ0n) is 20.7. The lowest BCUT2D eigenvalue weighted by Gasteiger charge is -2.58. The van der Waals surface area contributed by atoms with Crippen molar-refractivity contribution in [1.82, 2.24) is 0 Å². The molecular weight excluding hydrogens is 364 g/mol. The first kappa shape index (κ1) is 22.6. The van der Waals surface area contributed by atoms with Crippen LogP contribution in [-0.4, -0.2) is 11.2 Å². The Labute approximate surface area is 186 Å². The second-order valence-corrected chi connectivity index (χ2v) is 12.4. The summed E-state index contributed by atoms with van der Waals surface area (Å²) in [5.41, 5.74) is 4.21. The third-order valence-corrected chi connectivity index (χ3v) is 10.8. The van der Waals surface area contributed by atoms with Crippen molar-refractivity contribution in [2.75, 3.05) is 0 Å². The summed E-state index contributed by atoms with van der Waals surface area (Å²) >= 11 is 0. The summed E-state index contributed by atoms with van der Waals surface area (Å²) in [7, 11) is 0. The monoisotopic (exact) mass is 412 g/mol. The van der Waals surface area contributed by atoms with Gasteiger partial charge in [0.1, 0.15) is 0 Å². The molecular formula is C29H48O. The molecule has 8 atom stereocenters. The fourth-order valence-electron chi connectivity index (χ4n) is 8.98. The molecule has 1 N–H and O–H groups in total. The van der Waals surface area contributed by atoms with Crippen molar-refractivity contribution >= 4 is 0 Å². The van der Waals surface area contributed by atoms with E-state index in [1.807, 2.05) is 0 Å².